The Kier molecular flexibility index (Phi) is 29.5. The molecule has 3 rings (SSSR count). The quantitative estimate of drug-likeness (QED) is 0.0145. The normalized spacial score (nSPS) is 13.0. The number of primary amides is 2. The van der Waals surface area contributed by atoms with Crippen LogP contribution in [0.1, 0.15) is 52.2 Å². The number of ether oxygens (including phenoxy) is 1. The molecule has 5 amide bonds. The molecule has 0 saturated carbocycles. The molecular weight excluding hydrogens is 1180 g/mol. The van der Waals surface area contributed by atoms with Gasteiger partial charge in [-0.1, -0.05) is 79.2 Å². The second-order valence-corrected chi connectivity index (χ2v) is 27.9. The van der Waals surface area contributed by atoms with Crippen LogP contribution in [0.5, 0.6) is 17.2 Å². The summed E-state index contributed by atoms with van der Waals surface area (Å²) in [7, 11) is -8.38. The molecule has 30 heteroatoms. The second kappa shape index (κ2) is 33.6. The highest BCUT2D eigenvalue weighted by Gasteiger charge is 2.40. The van der Waals surface area contributed by atoms with Crippen molar-refractivity contribution >= 4 is 164 Å². The molecule has 0 aliphatic heterocycles. The number of thioether (sulfide) groups is 4. The van der Waals surface area contributed by atoms with Gasteiger partial charge in [-0.05, 0) is 82.1 Å². The van der Waals surface area contributed by atoms with Gasteiger partial charge >= 0.3 is 21.7 Å². The fourth-order valence-corrected chi connectivity index (χ4v) is 11.8. The lowest BCUT2D eigenvalue weighted by molar-refractivity contribution is -0.136. The third-order valence-corrected chi connectivity index (χ3v) is 16.8. The van der Waals surface area contributed by atoms with E-state index in [0.717, 1.165) is 0 Å². The smallest absolute Gasteiger partial charge is 0.410 e. The lowest BCUT2D eigenvalue weighted by Crippen LogP contribution is -2.64. The lowest BCUT2D eigenvalue weighted by atomic mass is 9.90. The van der Waals surface area contributed by atoms with Gasteiger partial charge in [0.2, 0.25) is 23.6 Å². The lowest BCUT2D eigenvalue weighted by Gasteiger charge is -2.33. The number of hydrogen-bond acceptors (Lipinski definition) is 23. The summed E-state index contributed by atoms with van der Waals surface area (Å²) in [6.07, 6.45) is -2.28. The van der Waals surface area contributed by atoms with E-state index < -0.39 is 69.4 Å². The van der Waals surface area contributed by atoms with E-state index in [1.165, 1.54) is 115 Å². The summed E-state index contributed by atoms with van der Waals surface area (Å²) in [5, 5.41) is 7.67. The van der Waals surface area contributed by atoms with Crippen molar-refractivity contribution in [2.45, 2.75) is 71.5 Å². The Bertz CT molecular complexity index is 2570. The van der Waals surface area contributed by atoms with E-state index in [1.54, 1.807) is 39.8 Å². The van der Waals surface area contributed by atoms with Crippen LogP contribution in [0.4, 0.5) is 10.5 Å². The molecule has 9 N–H and O–H groups in total. The maximum absolute atomic E-state index is 14.6. The highest BCUT2D eigenvalue weighted by Crippen LogP contribution is 2.51. The van der Waals surface area contributed by atoms with E-state index in [0.29, 0.717) is 50.9 Å². The Morgan fingerprint density at radius 2 is 1.05 bits per heavy atom. The van der Waals surface area contributed by atoms with Gasteiger partial charge in [-0.25, -0.2) is 13.9 Å². The number of nitrogens with two attached hydrogens (primary N) is 3. The molecule has 0 fully saturated rings. The zero-order valence-corrected chi connectivity index (χ0v) is 50.3. The molecule has 20 nitrogen and oxygen atoms in total. The molecule has 0 saturated heterocycles. The van der Waals surface area contributed by atoms with Gasteiger partial charge in [0.1, 0.15) is 34.9 Å². The minimum Gasteiger partial charge on any atom is -0.410 e. The van der Waals surface area contributed by atoms with Crippen molar-refractivity contribution in [1.82, 2.24) is 16.0 Å². The minimum absolute atomic E-state index is 0.00908. The monoisotopic (exact) mass is 1240 g/mol. The molecule has 0 heterocycles. The van der Waals surface area contributed by atoms with E-state index in [-0.39, 0.29) is 62.2 Å². The van der Waals surface area contributed by atoms with E-state index in [2.05, 4.69) is 16.0 Å². The molecule has 0 unspecified atom stereocenters. The van der Waals surface area contributed by atoms with Gasteiger partial charge in [0.15, 0.2) is 0 Å². The number of carbonyl (C=O) groups excluding carboxylic acids is 5. The molecule has 0 aromatic heterocycles. The standard InChI is InChI=1S/C46H60N6O14P2S8/c1-29(69)73-21-17-60-67(58,61-18-22-74-30(2)70)65-36-13-9-33(10-14-36)25-40(51-45(57)64-38-8-6-7-35(47)26-38)43(55)52-46(5,44(56)50-39(42(49)54)27-41(48)53)28-34-11-15-37(16-12-34)66-68(59,62-19-23-75-31(3)71)63-20-24-76-32(4)72/h6-16,26,39-40H,17-25,27-28,47H2,1-5H3,(H2,48,53)(H2,49,54)(H,50,56)(H,51,57)(H,52,55)/t39-,40-,46-/m0/s1. The molecule has 3 aromatic rings. The number of anilines is 1. The van der Waals surface area contributed by atoms with E-state index >= 15 is 0 Å². The number of amides is 5. The van der Waals surface area contributed by atoms with Crippen LogP contribution in [0.2, 0.25) is 0 Å². The molecule has 3 atom stereocenters. The molecule has 0 radical (unpaired) electrons. The average molecular weight is 1240 g/mol. The number of nitrogens with one attached hydrogen (secondary N) is 3. The van der Waals surface area contributed by atoms with Crippen LogP contribution in [-0.2, 0) is 59.2 Å². The van der Waals surface area contributed by atoms with Gasteiger partial charge < -0.3 is 46.9 Å². The number of carbonyl (C=O) groups is 5. The van der Waals surface area contributed by atoms with Crippen LogP contribution in [0.15, 0.2) is 72.8 Å². The fourth-order valence-electron chi connectivity index (χ4n) is 6.12. The Labute approximate surface area is 480 Å². The first-order valence-corrected chi connectivity index (χ1v) is 31.2. The average Bonchev–Trinajstić information content (AvgIpc) is 3.32. The Hall–Kier alpha value is -3.73. The van der Waals surface area contributed by atoms with Crippen LogP contribution < -0.4 is 46.9 Å². The molecule has 416 valence electrons. The number of benzene rings is 3. The number of hydrogen-bond donors (Lipinski definition) is 6. The maximum Gasteiger partial charge on any atom is 0.530 e. The summed E-state index contributed by atoms with van der Waals surface area (Å²) in [5.74, 6) is -2.22. The number of rotatable bonds is 33. The molecule has 3 aromatic carbocycles. The summed E-state index contributed by atoms with van der Waals surface area (Å²) in [4.78, 5) is 66.8. The van der Waals surface area contributed by atoms with Crippen molar-refractivity contribution in [3.8, 4) is 17.2 Å². The molecule has 0 bridgehead atoms. The fraction of sp³-hybridized carbons (Fsp3) is 0.413. The number of thiocarbonyl (C=S) groups is 4. The van der Waals surface area contributed by atoms with Crippen molar-refractivity contribution in [3.05, 3.63) is 83.9 Å². The van der Waals surface area contributed by atoms with Crippen molar-refractivity contribution in [2.24, 2.45) is 11.5 Å². The Morgan fingerprint density at radius 3 is 1.45 bits per heavy atom. The largest absolute Gasteiger partial charge is 0.530 e. The first-order chi connectivity index (χ1) is 35.8. The SMILES string of the molecule is CC(=S)SCCOP(=O)(OCCSC(C)=S)Oc1ccc(C[C@H](NC(=O)Oc2cccc(N)c2)C(=O)N[C@@](C)(Cc2ccc(OP(=O)(OCCSC(C)=S)OCCSC(C)=S)cc2)C(=O)N[C@@H](CC(N)=O)C(N)=O)cc1. The van der Waals surface area contributed by atoms with Crippen LogP contribution in [0, 0.1) is 0 Å². The number of nitrogen functional groups attached to an aromatic ring is 1. The van der Waals surface area contributed by atoms with Crippen LogP contribution in [0.3, 0.4) is 0 Å². The molecule has 76 heavy (non-hydrogen) atoms. The zero-order valence-electron chi connectivity index (χ0n) is 42.0. The third-order valence-electron chi connectivity index (χ3n) is 9.46. The van der Waals surface area contributed by atoms with Gasteiger partial charge in [-0.3, -0.25) is 37.3 Å². The number of phosphoric ester groups is 2. The van der Waals surface area contributed by atoms with Crippen molar-refractivity contribution in [3.63, 3.8) is 0 Å². The molecule has 0 aliphatic carbocycles. The zero-order chi connectivity index (χ0) is 56.5. The molecular formula is C46H60N6O14P2S8. The van der Waals surface area contributed by atoms with E-state index in [9.17, 15) is 33.1 Å². The van der Waals surface area contributed by atoms with Gasteiger partial charge in [0, 0.05) is 64.4 Å². The predicted molar refractivity (Wildman–Crippen MR) is 319 cm³/mol. The third kappa shape index (κ3) is 26.8. The highest BCUT2D eigenvalue weighted by molar-refractivity contribution is 8.24. The van der Waals surface area contributed by atoms with Crippen molar-refractivity contribution < 1.29 is 65.0 Å². The van der Waals surface area contributed by atoms with Gasteiger partial charge in [-0.15, -0.1) is 47.0 Å². The summed E-state index contributed by atoms with van der Waals surface area (Å²) < 4.78 is 69.7. The molecule has 0 aliphatic rings. The topological polar surface area (TPSA) is 298 Å². The summed E-state index contributed by atoms with van der Waals surface area (Å²) >= 11 is 25.8. The van der Waals surface area contributed by atoms with E-state index in [4.69, 9.17) is 98.0 Å². The number of phosphoric acid groups is 2. The minimum atomic E-state index is -4.20. The maximum atomic E-state index is 14.6. The van der Waals surface area contributed by atoms with Crippen LogP contribution in [-0.4, -0.2) is 114 Å². The molecule has 0 spiro atoms. The second-order valence-electron chi connectivity index (χ2n) is 16.0. The summed E-state index contributed by atoms with van der Waals surface area (Å²) in [6.45, 7) is 8.28. The van der Waals surface area contributed by atoms with Gasteiger partial charge in [0.25, 0.3) is 0 Å². The van der Waals surface area contributed by atoms with Gasteiger partial charge in [-0.2, -0.15) is 0 Å². The Morgan fingerprint density at radius 1 is 0.618 bits per heavy atom. The first-order valence-electron chi connectivity index (χ1n) is 22.7. The van der Waals surface area contributed by atoms with E-state index in [1.807, 2.05) is 0 Å². The van der Waals surface area contributed by atoms with Gasteiger partial charge in [0.05, 0.1) is 32.8 Å². The highest BCUT2D eigenvalue weighted by atomic mass is 32.2. The summed E-state index contributed by atoms with van der Waals surface area (Å²) in [6, 6.07) is 14.8. The summed E-state index contributed by atoms with van der Waals surface area (Å²) in [5.41, 5.74) is 15.9. The Balaban J connectivity index is 2.00. The predicted octanol–water partition coefficient (Wildman–Crippen LogP) is 8.29. The first kappa shape index (κ1) is 66.5. The van der Waals surface area contributed by atoms with Crippen molar-refractivity contribution in [2.75, 3.05) is 55.2 Å². The van der Waals surface area contributed by atoms with Crippen LogP contribution >= 0.6 is 112 Å². The van der Waals surface area contributed by atoms with Crippen molar-refractivity contribution in [1.29, 1.82) is 0 Å². The van der Waals surface area contributed by atoms with Crippen LogP contribution in [0.25, 0.3) is 0 Å².